The van der Waals surface area contributed by atoms with E-state index in [1.54, 1.807) is 24.5 Å². The Morgan fingerprint density at radius 3 is 2.54 bits per heavy atom. The van der Waals surface area contributed by atoms with E-state index in [4.69, 9.17) is 0 Å². The first-order chi connectivity index (χ1) is 18.5. The molecule has 0 fully saturated rings. The predicted molar refractivity (Wildman–Crippen MR) is 138 cm³/mol. The lowest BCUT2D eigenvalue weighted by molar-refractivity contribution is -0.139. The van der Waals surface area contributed by atoms with Crippen LogP contribution in [0.5, 0.6) is 0 Å². The van der Waals surface area contributed by atoms with E-state index in [2.05, 4.69) is 22.2 Å². The molecule has 0 radical (unpaired) electrons. The van der Waals surface area contributed by atoms with E-state index in [1.165, 1.54) is 34.1 Å². The molecular weight excluding hydrogens is 511 g/mol. The maximum atomic E-state index is 13.9. The number of rotatable bonds is 9. The van der Waals surface area contributed by atoms with E-state index >= 15 is 0 Å². The summed E-state index contributed by atoms with van der Waals surface area (Å²) in [6, 6.07) is 5.50. The lowest BCUT2D eigenvalue weighted by Gasteiger charge is -2.33. The second-order valence-electron chi connectivity index (χ2n) is 9.88. The van der Waals surface area contributed by atoms with Crippen LogP contribution in [0.3, 0.4) is 0 Å². The highest BCUT2D eigenvalue weighted by atomic mass is 19.4. The molecule has 8 nitrogen and oxygen atoms in total. The van der Waals surface area contributed by atoms with Gasteiger partial charge in [-0.2, -0.15) is 13.2 Å². The molecule has 0 bridgehead atoms. The van der Waals surface area contributed by atoms with Crippen LogP contribution in [0, 0.1) is 5.92 Å². The average Bonchev–Trinajstić information content (AvgIpc) is 3.24. The quantitative estimate of drug-likeness (QED) is 0.466. The Hall–Kier alpha value is -4.15. The number of aromatic nitrogens is 1. The molecule has 3 heterocycles. The summed E-state index contributed by atoms with van der Waals surface area (Å²) in [5.41, 5.74) is -0.0750. The van der Waals surface area contributed by atoms with Gasteiger partial charge in [0.2, 0.25) is 5.91 Å². The standard InChI is InChI=1S/C28H30F3N5O3/c1-4-13-35-22-16-36(21(14-17(2)3)25(37)33-15-18-9-11-32-12-10-18)26(38)23(22)24(34-27(35)39)19-7-5-6-8-20(19)28(29,30)31/h4-12,17,21,24H,1,13-16H2,2-3H3,(H,33,37)(H,34,39). The third-order valence-corrected chi connectivity index (χ3v) is 6.73. The van der Waals surface area contributed by atoms with Crippen LogP contribution in [0.25, 0.3) is 0 Å². The van der Waals surface area contributed by atoms with E-state index in [9.17, 15) is 27.6 Å². The zero-order valence-corrected chi connectivity index (χ0v) is 21.7. The maximum absolute atomic E-state index is 13.9. The number of carbonyl (C=O) groups excluding carboxylic acids is 3. The van der Waals surface area contributed by atoms with Gasteiger partial charge in [0.05, 0.1) is 29.4 Å². The van der Waals surface area contributed by atoms with Crippen LogP contribution in [0.4, 0.5) is 18.0 Å². The molecule has 2 aliphatic heterocycles. The third-order valence-electron chi connectivity index (χ3n) is 6.73. The summed E-state index contributed by atoms with van der Waals surface area (Å²) in [7, 11) is 0. The minimum atomic E-state index is -4.70. The third kappa shape index (κ3) is 5.81. The van der Waals surface area contributed by atoms with Gasteiger partial charge < -0.3 is 15.5 Å². The Morgan fingerprint density at radius 1 is 1.21 bits per heavy atom. The number of pyridine rings is 1. The molecular formula is C28H30F3N5O3. The molecule has 39 heavy (non-hydrogen) atoms. The molecule has 2 atom stereocenters. The molecule has 0 saturated carbocycles. The second-order valence-corrected chi connectivity index (χ2v) is 9.88. The molecule has 2 unspecified atom stereocenters. The number of hydrogen-bond donors (Lipinski definition) is 2. The molecule has 2 N–H and O–H groups in total. The van der Waals surface area contributed by atoms with Crippen molar-refractivity contribution in [3.63, 3.8) is 0 Å². The maximum Gasteiger partial charge on any atom is 0.416 e. The van der Waals surface area contributed by atoms with E-state index in [-0.39, 0.29) is 42.4 Å². The number of nitrogens with one attached hydrogen (secondary N) is 2. The van der Waals surface area contributed by atoms with E-state index in [0.717, 1.165) is 11.6 Å². The Morgan fingerprint density at radius 2 is 1.90 bits per heavy atom. The van der Waals surface area contributed by atoms with Gasteiger partial charge in [-0.3, -0.25) is 19.5 Å². The number of benzene rings is 1. The fourth-order valence-corrected chi connectivity index (χ4v) is 4.96. The summed E-state index contributed by atoms with van der Waals surface area (Å²) in [6.07, 6.45) is 0.294. The van der Waals surface area contributed by atoms with Gasteiger partial charge in [-0.25, -0.2) is 4.79 Å². The summed E-state index contributed by atoms with van der Waals surface area (Å²) >= 11 is 0. The highest BCUT2D eigenvalue weighted by molar-refractivity contribution is 6.03. The second kappa shape index (κ2) is 11.3. The summed E-state index contributed by atoms with van der Waals surface area (Å²) in [5.74, 6) is -0.959. The van der Waals surface area contributed by atoms with Crippen LogP contribution in [0.2, 0.25) is 0 Å². The van der Waals surface area contributed by atoms with Crippen molar-refractivity contribution in [1.29, 1.82) is 0 Å². The van der Waals surface area contributed by atoms with Crippen molar-refractivity contribution in [3.05, 3.63) is 89.4 Å². The Labute approximate surface area is 224 Å². The molecule has 4 rings (SSSR count). The van der Waals surface area contributed by atoms with Crippen molar-refractivity contribution in [2.45, 2.75) is 45.1 Å². The number of nitrogens with zero attached hydrogens (tertiary/aromatic N) is 3. The number of alkyl halides is 3. The van der Waals surface area contributed by atoms with Gasteiger partial charge in [-0.15, -0.1) is 6.58 Å². The SMILES string of the molecule is C=CCN1C(=O)NC(c2ccccc2C(F)(F)F)C2=C1CN(C(CC(C)C)C(=O)NCc1ccncc1)C2=O. The topological polar surface area (TPSA) is 94.6 Å². The molecule has 2 aromatic rings. The molecule has 0 spiro atoms. The van der Waals surface area contributed by atoms with Crippen molar-refractivity contribution in [2.24, 2.45) is 5.92 Å². The summed E-state index contributed by atoms with van der Waals surface area (Å²) in [5, 5.41) is 5.45. The predicted octanol–water partition coefficient (Wildman–Crippen LogP) is 4.18. The molecule has 1 aromatic heterocycles. The lowest BCUT2D eigenvalue weighted by Crippen LogP contribution is -2.49. The Balaban J connectivity index is 1.71. The van der Waals surface area contributed by atoms with E-state index in [1.807, 2.05) is 13.8 Å². The zero-order valence-electron chi connectivity index (χ0n) is 21.7. The van der Waals surface area contributed by atoms with Crippen LogP contribution in [-0.2, 0) is 22.3 Å². The molecule has 206 valence electrons. The van der Waals surface area contributed by atoms with E-state index in [0.29, 0.717) is 6.42 Å². The number of urea groups is 1. The molecule has 1 aromatic carbocycles. The fraction of sp³-hybridized carbons (Fsp3) is 0.357. The van der Waals surface area contributed by atoms with Crippen molar-refractivity contribution in [1.82, 2.24) is 25.4 Å². The molecule has 0 aliphatic carbocycles. The average molecular weight is 542 g/mol. The van der Waals surface area contributed by atoms with Gasteiger partial charge in [0.1, 0.15) is 6.04 Å². The fourth-order valence-electron chi connectivity index (χ4n) is 4.96. The minimum Gasteiger partial charge on any atom is -0.350 e. The van der Waals surface area contributed by atoms with Gasteiger partial charge in [0.15, 0.2) is 0 Å². The van der Waals surface area contributed by atoms with Gasteiger partial charge in [0, 0.05) is 25.5 Å². The molecule has 4 amide bonds. The number of halogens is 3. The summed E-state index contributed by atoms with van der Waals surface area (Å²) in [6.45, 7) is 7.65. The first-order valence-corrected chi connectivity index (χ1v) is 12.6. The van der Waals surface area contributed by atoms with Crippen molar-refractivity contribution in [2.75, 3.05) is 13.1 Å². The Kier molecular flexibility index (Phi) is 8.08. The van der Waals surface area contributed by atoms with Crippen LogP contribution < -0.4 is 10.6 Å². The largest absolute Gasteiger partial charge is 0.416 e. The van der Waals surface area contributed by atoms with Gasteiger partial charge >= 0.3 is 12.2 Å². The van der Waals surface area contributed by atoms with Gasteiger partial charge in [-0.1, -0.05) is 38.1 Å². The molecule has 2 aliphatic rings. The number of amides is 4. The lowest BCUT2D eigenvalue weighted by atomic mass is 9.91. The molecule has 11 heteroatoms. The first kappa shape index (κ1) is 27.9. The van der Waals surface area contributed by atoms with Gasteiger partial charge in [0.25, 0.3) is 5.91 Å². The summed E-state index contributed by atoms with van der Waals surface area (Å²) < 4.78 is 41.7. The van der Waals surface area contributed by atoms with Crippen LogP contribution in [0.1, 0.15) is 43.0 Å². The highest BCUT2D eigenvalue weighted by Crippen LogP contribution is 2.42. The van der Waals surface area contributed by atoms with Crippen LogP contribution in [0.15, 0.2) is 72.7 Å². The van der Waals surface area contributed by atoms with Crippen LogP contribution in [-0.4, -0.2) is 51.8 Å². The number of hydrogen-bond acceptors (Lipinski definition) is 4. The van der Waals surface area contributed by atoms with E-state index < -0.39 is 41.7 Å². The van der Waals surface area contributed by atoms with Crippen molar-refractivity contribution in [3.8, 4) is 0 Å². The smallest absolute Gasteiger partial charge is 0.350 e. The first-order valence-electron chi connectivity index (χ1n) is 12.6. The Bertz CT molecular complexity index is 1290. The normalized spacial score (nSPS) is 18.3. The van der Waals surface area contributed by atoms with Gasteiger partial charge in [-0.05, 0) is 41.7 Å². The van der Waals surface area contributed by atoms with Crippen molar-refractivity contribution >= 4 is 17.8 Å². The minimum absolute atomic E-state index is 0.0174. The van der Waals surface area contributed by atoms with Crippen molar-refractivity contribution < 1.29 is 27.6 Å². The number of carbonyl (C=O) groups is 3. The highest BCUT2D eigenvalue weighted by Gasteiger charge is 2.48. The zero-order chi connectivity index (χ0) is 28.3. The van der Waals surface area contributed by atoms with Crippen LogP contribution >= 0.6 is 0 Å². The molecule has 0 saturated heterocycles. The monoisotopic (exact) mass is 541 g/mol. The summed E-state index contributed by atoms with van der Waals surface area (Å²) in [4.78, 5) is 47.0.